The van der Waals surface area contributed by atoms with Crippen LogP contribution in [0.4, 0.5) is 0 Å². The quantitative estimate of drug-likeness (QED) is 0.0116. The van der Waals surface area contributed by atoms with Crippen LogP contribution in [0.5, 0.6) is 28.7 Å². The second kappa shape index (κ2) is 38.1. The van der Waals surface area contributed by atoms with Gasteiger partial charge in [0, 0.05) is 12.2 Å². The highest BCUT2D eigenvalue weighted by molar-refractivity contribution is 6.00. The second-order valence-corrected chi connectivity index (χ2v) is 21.9. The Kier molecular flexibility index (Phi) is 28.8. The molecule has 0 N–H and O–H groups in total. The molecule has 89 heavy (non-hydrogen) atoms. The summed E-state index contributed by atoms with van der Waals surface area (Å²) in [6.07, 6.45) is 23.4. The maximum atomic E-state index is 13.9. The van der Waals surface area contributed by atoms with Gasteiger partial charge in [0.15, 0.2) is 0 Å². The van der Waals surface area contributed by atoms with Gasteiger partial charge in [0.2, 0.25) is 0 Å². The predicted octanol–water partition coefficient (Wildman–Crippen LogP) is 17.6. The Morgan fingerprint density at radius 3 is 1.16 bits per heavy atom. The summed E-state index contributed by atoms with van der Waals surface area (Å²) in [6, 6.07) is 43.8. The lowest BCUT2D eigenvalue weighted by Gasteiger charge is -2.13. The summed E-state index contributed by atoms with van der Waals surface area (Å²) in [4.78, 5) is 63.7. The molecule has 0 aromatic heterocycles. The summed E-state index contributed by atoms with van der Waals surface area (Å²) in [5.74, 6) is -0.509. The molecule has 14 heteroatoms. The van der Waals surface area contributed by atoms with E-state index in [9.17, 15) is 24.0 Å². The van der Waals surface area contributed by atoms with Gasteiger partial charge in [0.25, 0.3) is 0 Å². The van der Waals surface area contributed by atoms with Crippen LogP contribution in [0.15, 0.2) is 165 Å². The van der Waals surface area contributed by atoms with Gasteiger partial charge >= 0.3 is 29.8 Å². The first kappa shape index (κ1) is 67.3. The van der Waals surface area contributed by atoms with Gasteiger partial charge in [0.05, 0.1) is 62.4 Å². The van der Waals surface area contributed by atoms with Gasteiger partial charge in [-0.3, -0.25) is 0 Å². The van der Waals surface area contributed by atoms with Gasteiger partial charge in [0.1, 0.15) is 34.3 Å². The van der Waals surface area contributed by atoms with E-state index in [1.54, 1.807) is 24.3 Å². The van der Waals surface area contributed by atoms with Crippen LogP contribution in [0.2, 0.25) is 0 Å². The fourth-order valence-electron chi connectivity index (χ4n) is 10.0. The van der Waals surface area contributed by atoms with Crippen LogP contribution in [-0.4, -0.2) is 69.5 Å². The molecule has 0 saturated heterocycles. The van der Waals surface area contributed by atoms with Crippen molar-refractivity contribution in [2.45, 2.75) is 135 Å². The van der Waals surface area contributed by atoms with E-state index in [0.717, 1.165) is 159 Å². The van der Waals surface area contributed by atoms with Crippen LogP contribution in [0.3, 0.4) is 0 Å². The summed E-state index contributed by atoms with van der Waals surface area (Å²) in [5.41, 5.74) is 3.27. The topological polar surface area (TPSA) is 183 Å². The minimum absolute atomic E-state index is 0.0393. The van der Waals surface area contributed by atoms with Crippen molar-refractivity contribution in [3.05, 3.63) is 187 Å². The molecule has 7 aromatic rings. The van der Waals surface area contributed by atoms with Crippen molar-refractivity contribution in [2.24, 2.45) is 0 Å². The van der Waals surface area contributed by atoms with Crippen molar-refractivity contribution < 1.29 is 61.9 Å². The smallest absolute Gasteiger partial charge is 0.343 e. The first-order chi connectivity index (χ1) is 43.6. The van der Waals surface area contributed by atoms with Gasteiger partial charge in [-0.05, 0) is 175 Å². The van der Waals surface area contributed by atoms with E-state index in [-0.39, 0.29) is 35.2 Å². The molecular formula is C75H83NO13. The number of carbonyl (C=O) groups excluding carboxylic acids is 5. The fourth-order valence-corrected chi connectivity index (χ4v) is 10.0. The minimum atomic E-state index is -0.717. The highest BCUT2D eigenvalue weighted by Gasteiger charge is 2.21. The number of hydrogen-bond donors (Lipinski definition) is 0. The minimum Gasteiger partial charge on any atom is -0.494 e. The van der Waals surface area contributed by atoms with E-state index in [4.69, 9.17) is 43.2 Å². The summed E-state index contributed by atoms with van der Waals surface area (Å²) in [5, 5.41) is 12.5. The molecule has 0 aliphatic rings. The normalized spacial score (nSPS) is 10.9. The Morgan fingerprint density at radius 1 is 0.348 bits per heavy atom. The van der Waals surface area contributed by atoms with Crippen molar-refractivity contribution in [1.82, 2.24) is 0 Å². The van der Waals surface area contributed by atoms with Crippen LogP contribution >= 0.6 is 0 Å². The molecular weight excluding hydrogens is 1120 g/mol. The molecule has 0 fully saturated rings. The van der Waals surface area contributed by atoms with E-state index >= 15 is 0 Å². The number of hydrogen-bond acceptors (Lipinski definition) is 14. The molecule has 0 atom stereocenters. The third kappa shape index (κ3) is 23.8. The van der Waals surface area contributed by atoms with Crippen LogP contribution in [0.1, 0.15) is 171 Å². The van der Waals surface area contributed by atoms with E-state index in [1.807, 2.05) is 97.1 Å². The Balaban J connectivity index is 0.870. The molecule has 7 rings (SSSR count). The van der Waals surface area contributed by atoms with Gasteiger partial charge in [-0.15, -0.1) is 0 Å². The number of unbranched alkanes of at least 4 members (excludes halogenated alkanes) is 18. The maximum Gasteiger partial charge on any atom is 0.343 e. The van der Waals surface area contributed by atoms with E-state index < -0.39 is 23.9 Å². The summed E-state index contributed by atoms with van der Waals surface area (Å²) in [7, 11) is 0. The SMILES string of the molecule is C=CC(=O)OCCCCCCCCCCCOc1ccc2cc(C(=O)Oc3ccc(OC(=O)c4ccc5cc(OCCCCCCOC(=O)C=C)ccc5c4)cc3C(=O)OCCCCCCCCCCOc3ccc(-c4ccc(C#N)cc4)cc3)ccc2c1. The van der Waals surface area contributed by atoms with Gasteiger partial charge < -0.3 is 37.9 Å². The molecule has 0 spiro atoms. The van der Waals surface area contributed by atoms with Crippen LogP contribution < -0.4 is 23.7 Å². The summed E-state index contributed by atoms with van der Waals surface area (Å²) < 4.78 is 45.6. The van der Waals surface area contributed by atoms with E-state index in [0.29, 0.717) is 56.3 Å². The Bertz CT molecular complexity index is 3450. The lowest BCUT2D eigenvalue weighted by atomic mass is 10.0. The lowest BCUT2D eigenvalue weighted by Crippen LogP contribution is -2.14. The number of esters is 5. The molecule has 0 aliphatic heterocycles. The zero-order chi connectivity index (χ0) is 62.7. The summed E-state index contributed by atoms with van der Waals surface area (Å²) >= 11 is 0. The highest BCUT2D eigenvalue weighted by atomic mass is 16.6. The van der Waals surface area contributed by atoms with E-state index in [1.165, 1.54) is 43.5 Å². The number of carbonyl (C=O) groups is 5. The van der Waals surface area contributed by atoms with Gasteiger partial charge in [-0.2, -0.15) is 5.26 Å². The lowest BCUT2D eigenvalue weighted by molar-refractivity contribution is -0.138. The Labute approximate surface area is 523 Å². The maximum absolute atomic E-state index is 13.9. The zero-order valence-electron chi connectivity index (χ0n) is 51.2. The number of ether oxygens (including phenoxy) is 8. The third-order valence-electron chi connectivity index (χ3n) is 15.1. The number of nitrogens with zero attached hydrogens (tertiary/aromatic N) is 1. The molecule has 0 unspecified atom stereocenters. The largest absolute Gasteiger partial charge is 0.494 e. The first-order valence-electron chi connectivity index (χ1n) is 31.5. The average molecular weight is 1210 g/mol. The second-order valence-electron chi connectivity index (χ2n) is 21.9. The number of fused-ring (bicyclic) bond motifs is 2. The van der Waals surface area contributed by atoms with Gasteiger partial charge in [-0.1, -0.05) is 145 Å². The standard InChI is InChI=1S/C75H83NO13/c1-3-71(77)85-47-23-16-12-7-5-6-10-15-21-45-83-66-41-37-60-51-64(33-31-62(60)53-66)74(80)89-70-43-42-68(88-73(79)63-32-30-61-52-67(40-36-59(61)50-63)84-46-22-18-19-24-48-86-72(78)4-2)54-69(70)75(81)87-49-25-17-13-9-8-11-14-20-44-82-65-38-34-58(35-39-65)57-28-26-56(55-76)27-29-57/h3-4,26-43,50-54H,1-2,5-25,44-49H2. The van der Waals surface area contributed by atoms with Crippen molar-refractivity contribution in [2.75, 3.05) is 39.6 Å². The number of benzene rings is 7. The molecule has 7 aromatic carbocycles. The predicted molar refractivity (Wildman–Crippen MR) is 347 cm³/mol. The fraction of sp³-hybridized carbons (Fsp3) is 0.360. The molecule has 14 nitrogen and oxygen atoms in total. The zero-order valence-corrected chi connectivity index (χ0v) is 51.2. The number of rotatable bonds is 41. The Morgan fingerprint density at radius 2 is 0.708 bits per heavy atom. The van der Waals surface area contributed by atoms with Crippen LogP contribution in [0.25, 0.3) is 32.7 Å². The molecule has 466 valence electrons. The highest BCUT2D eigenvalue weighted by Crippen LogP contribution is 2.30. The van der Waals surface area contributed by atoms with Crippen molar-refractivity contribution in [3.8, 4) is 45.9 Å². The van der Waals surface area contributed by atoms with Crippen LogP contribution in [0, 0.1) is 11.3 Å². The molecule has 0 amide bonds. The average Bonchev–Trinajstić information content (AvgIpc) is 3.44. The molecule has 0 aliphatic carbocycles. The molecule has 0 radical (unpaired) electrons. The van der Waals surface area contributed by atoms with Crippen molar-refractivity contribution in [3.63, 3.8) is 0 Å². The third-order valence-corrected chi connectivity index (χ3v) is 15.1. The van der Waals surface area contributed by atoms with Crippen molar-refractivity contribution in [1.29, 1.82) is 5.26 Å². The molecule has 0 saturated carbocycles. The summed E-state index contributed by atoms with van der Waals surface area (Å²) in [6.45, 7) is 9.57. The van der Waals surface area contributed by atoms with Crippen LogP contribution in [-0.2, 0) is 23.8 Å². The van der Waals surface area contributed by atoms with E-state index in [2.05, 4.69) is 19.2 Å². The number of nitriles is 1. The monoisotopic (exact) mass is 1210 g/mol. The first-order valence-corrected chi connectivity index (χ1v) is 31.5. The molecule has 0 bridgehead atoms. The molecule has 0 heterocycles. The van der Waals surface area contributed by atoms with Gasteiger partial charge in [-0.25, -0.2) is 24.0 Å². The Hall–Kier alpha value is -9.22. The van der Waals surface area contributed by atoms with Crippen molar-refractivity contribution >= 4 is 51.4 Å².